The first-order valence-electron chi connectivity index (χ1n) is 4.49. The van der Waals surface area contributed by atoms with E-state index < -0.39 is 18.1 Å². The number of carbonyl (C=O) groups is 1. The third-order valence-electron chi connectivity index (χ3n) is 2.14. The highest BCUT2D eigenvalue weighted by molar-refractivity contribution is 9.10. The molecule has 0 saturated carbocycles. The number of carboxylic acid groups (broad SMARTS) is 1. The van der Waals surface area contributed by atoms with E-state index in [1.807, 2.05) is 24.3 Å². The Morgan fingerprint density at radius 3 is 2.53 bits per heavy atom. The second kappa shape index (κ2) is 5.25. The Bertz CT molecular complexity index is 357. The first-order chi connectivity index (χ1) is 7.02. The molecule has 4 nitrogen and oxygen atoms in total. The zero-order valence-electron chi connectivity index (χ0n) is 8.06. The highest BCUT2D eigenvalue weighted by Gasteiger charge is 2.19. The van der Waals surface area contributed by atoms with Crippen molar-refractivity contribution in [2.75, 3.05) is 0 Å². The van der Waals surface area contributed by atoms with Gasteiger partial charge in [-0.1, -0.05) is 34.1 Å². The van der Waals surface area contributed by atoms with Crippen LogP contribution in [0.5, 0.6) is 0 Å². The fourth-order valence-corrected chi connectivity index (χ4v) is 1.85. The Morgan fingerprint density at radius 2 is 2.00 bits per heavy atom. The van der Waals surface area contributed by atoms with Crippen LogP contribution in [0.25, 0.3) is 0 Å². The second-order valence-corrected chi connectivity index (χ2v) is 4.16. The maximum Gasteiger partial charge on any atom is 0.304 e. The van der Waals surface area contributed by atoms with Gasteiger partial charge in [-0.15, -0.1) is 0 Å². The molecular weight excluding hydrogens is 260 g/mol. The van der Waals surface area contributed by atoms with Gasteiger partial charge in [-0.05, 0) is 11.6 Å². The molecule has 82 valence electrons. The van der Waals surface area contributed by atoms with Gasteiger partial charge in [0.2, 0.25) is 0 Å². The predicted molar refractivity (Wildman–Crippen MR) is 61.3 cm³/mol. The first kappa shape index (κ1) is 12.2. The summed E-state index contributed by atoms with van der Waals surface area (Å²) in [5, 5.41) is 8.60. The SMILES string of the molecule is NC(CC(=O)O)C(N)c1ccccc1Br. The summed E-state index contributed by atoms with van der Waals surface area (Å²) < 4.78 is 0.846. The summed E-state index contributed by atoms with van der Waals surface area (Å²) in [6.45, 7) is 0. The molecule has 0 aliphatic heterocycles. The van der Waals surface area contributed by atoms with E-state index in [1.54, 1.807) is 0 Å². The average molecular weight is 273 g/mol. The molecule has 1 rings (SSSR count). The largest absolute Gasteiger partial charge is 0.481 e. The van der Waals surface area contributed by atoms with E-state index in [0.717, 1.165) is 10.0 Å². The van der Waals surface area contributed by atoms with Crippen molar-refractivity contribution in [3.05, 3.63) is 34.3 Å². The van der Waals surface area contributed by atoms with Crippen LogP contribution in [0.2, 0.25) is 0 Å². The van der Waals surface area contributed by atoms with Crippen LogP contribution in [0.3, 0.4) is 0 Å². The van der Waals surface area contributed by atoms with Crippen molar-refractivity contribution in [3.63, 3.8) is 0 Å². The number of rotatable bonds is 4. The van der Waals surface area contributed by atoms with Crippen molar-refractivity contribution in [3.8, 4) is 0 Å². The normalized spacial score (nSPS) is 14.6. The Kier molecular flexibility index (Phi) is 4.26. The molecule has 1 aromatic rings. The van der Waals surface area contributed by atoms with E-state index in [9.17, 15) is 4.79 Å². The smallest absolute Gasteiger partial charge is 0.304 e. The van der Waals surface area contributed by atoms with Crippen LogP contribution in [0.1, 0.15) is 18.0 Å². The Balaban J connectivity index is 2.80. The number of hydrogen-bond donors (Lipinski definition) is 3. The molecule has 0 spiro atoms. The highest BCUT2D eigenvalue weighted by atomic mass is 79.9. The molecule has 0 aromatic heterocycles. The lowest BCUT2D eigenvalue weighted by molar-refractivity contribution is -0.137. The van der Waals surface area contributed by atoms with Crippen molar-refractivity contribution >= 4 is 21.9 Å². The molecule has 5 heteroatoms. The summed E-state index contributed by atoms with van der Waals surface area (Å²) in [6, 6.07) is 6.33. The van der Waals surface area contributed by atoms with Crippen molar-refractivity contribution in [2.24, 2.45) is 11.5 Å². The molecule has 0 radical (unpaired) electrons. The minimum atomic E-state index is -0.940. The zero-order valence-corrected chi connectivity index (χ0v) is 9.65. The lowest BCUT2D eigenvalue weighted by Gasteiger charge is -2.19. The van der Waals surface area contributed by atoms with Crippen LogP contribution >= 0.6 is 15.9 Å². The molecule has 0 bridgehead atoms. The summed E-state index contributed by atoms with van der Waals surface area (Å²) in [4.78, 5) is 10.5. The van der Waals surface area contributed by atoms with Crippen LogP contribution < -0.4 is 11.5 Å². The van der Waals surface area contributed by atoms with Gasteiger partial charge < -0.3 is 16.6 Å². The van der Waals surface area contributed by atoms with E-state index in [0.29, 0.717) is 0 Å². The van der Waals surface area contributed by atoms with Crippen molar-refractivity contribution < 1.29 is 9.90 Å². The van der Waals surface area contributed by atoms with Gasteiger partial charge in [0, 0.05) is 16.6 Å². The Labute approximate surface area is 96.4 Å². The standard InChI is InChI=1S/C10H13BrN2O2/c11-7-4-2-1-3-6(7)10(13)8(12)5-9(14)15/h1-4,8,10H,5,12-13H2,(H,14,15). The Hall–Kier alpha value is -0.910. The molecule has 0 aliphatic carbocycles. The minimum absolute atomic E-state index is 0.136. The molecular formula is C10H13BrN2O2. The van der Waals surface area contributed by atoms with E-state index in [-0.39, 0.29) is 6.42 Å². The molecule has 0 amide bonds. The fourth-order valence-electron chi connectivity index (χ4n) is 1.30. The predicted octanol–water partition coefficient (Wildman–Crippen LogP) is 1.25. The summed E-state index contributed by atoms with van der Waals surface area (Å²) in [5.41, 5.74) is 12.4. The number of benzene rings is 1. The fraction of sp³-hybridized carbons (Fsp3) is 0.300. The molecule has 15 heavy (non-hydrogen) atoms. The molecule has 0 saturated heterocycles. The van der Waals surface area contributed by atoms with E-state index in [4.69, 9.17) is 16.6 Å². The highest BCUT2D eigenvalue weighted by Crippen LogP contribution is 2.23. The van der Waals surface area contributed by atoms with Crippen LogP contribution in [-0.2, 0) is 4.79 Å². The van der Waals surface area contributed by atoms with E-state index in [2.05, 4.69) is 15.9 Å². The summed E-state index contributed by atoms with van der Waals surface area (Å²) in [7, 11) is 0. The van der Waals surface area contributed by atoms with Crippen LogP contribution in [0.15, 0.2) is 28.7 Å². The van der Waals surface area contributed by atoms with Crippen LogP contribution in [0.4, 0.5) is 0 Å². The van der Waals surface area contributed by atoms with Gasteiger partial charge in [0.05, 0.1) is 6.42 Å². The number of carboxylic acids is 1. The number of halogens is 1. The van der Waals surface area contributed by atoms with Crippen molar-refractivity contribution in [1.82, 2.24) is 0 Å². The topological polar surface area (TPSA) is 89.3 Å². The monoisotopic (exact) mass is 272 g/mol. The second-order valence-electron chi connectivity index (χ2n) is 3.31. The molecule has 1 aromatic carbocycles. The quantitative estimate of drug-likeness (QED) is 0.770. The van der Waals surface area contributed by atoms with Gasteiger partial charge in [0.1, 0.15) is 0 Å². The summed E-state index contributed by atoms with van der Waals surface area (Å²) in [6.07, 6.45) is -0.136. The third-order valence-corrected chi connectivity index (χ3v) is 2.86. The average Bonchev–Trinajstić information content (AvgIpc) is 2.16. The molecule has 0 heterocycles. The lowest BCUT2D eigenvalue weighted by atomic mass is 9.99. The van der Waals surface area contributed by atoms with Crippen LogP contribution in [0, 0.1) is 0 Å². The Morgan fingerprint density at radius 1 is 1.40 bits per heavy atom. The summed E-state index contributed by atoms with van der Waals surface area (Å²) in [5.74, 6) is -0.940. The van der Waals surface area contributed by atoms with Gasteiger partial charge in [-0.3, -0.25) is 4.79 Å². The maximum absolute atomic E-state index is 10.5. The first-order valence-corrected chi connectivity index (χ1v) is 5.29. The molecule has 0 fully saturated rings. The van der Waals surface area contributed by atoms with Gasteiger partial charge in [-0.25, -0.2) is 0 Å². The molecule has 2 atom stereocenters. The third kappa shape index (κ3) is 3.30. The van der Waals surface area contributed by atoms with Crippen molar-refractivity contribution in [2.45, 2.75) is 18.5 Å². The van der Waals surface area contributed by atoms with E-state index >= 15 is 0 Å². The van der Waals surface area contributed by atoms with Crippen LogP contribution in [-0.4, -0.2) is 17.1 Å². The molecule has 2 unspecified atom stereocenters. The molecule has 0 aliphatic rings. The van der Waals surface area contributed by atoms with E-state index in [1.165, 1.54) is 0 Å². The molecule has 5 N–H and O–H groups in total. The van der Waals surface area contributed by atoms with Gasteiger partial charge in [-0.2, -0.15) is 0 Å². The number of hydrogen-bond acceptors (Lipinski definition) is 3. The minimum Gasteiger partial charge on any atom is -0.481 e. The zero-order chi connectivity index (χ0) is 11.4. The number of nitrogens with two attached hydrogens (primary N) is 2. The summed E-state index contributed by atoms with van der Waals surface area (Å²) >= 11 is 3.35. The van der Waals surface area contributed by atoms with Gasteiger partial charge in [0.25, 0.3) is 0 Å². The number of aliphatic carboxylic acids is 1. The lowest BCUT2D eigenvalue weighted by Crippen LogP contribution is -2.36. The maximum atomic E-state index is 10.5. The van der Waals surface area contributed by atoms with Gasteiger partial charge in [0.15, 0.2) is 0 Å². The van der Waals surface area contributed by atoms with Gasteiger partial charge >= 0.3 is 5.97 Å². The van der Waals surface area contributed by atoms with Crippen molar-refractivity contribution in [1.29, 1.82) is 0 Å².